The highest BCUT2D eigenvalue weighted by Crippen LogP contribution is 2.41. The van der Waals surface area contributed by atoms with Crippen LogP contribution in [0.5, 0.6) is 5.75 Å². The Bertz CT molecular complexity index is 427. The molecule has 0 bridgehead atoms. The van der Waals surface area contributed by atoms with Crippen molar-refractivity contribution in [1.82, 2.24) is 5.01 Å². The number of rotatable bonds is 4. The summed E-state index contributed by atoms with van der Waals surface area (Å²) in [7, 11) is 1.58. The smallest absolute Gasteiger partial charge is 0.115 e. The van der Waals surface area contributed by atoms with E-state index in [1.807, 2.05) is 0 Å². The summed E-state index contributed by atoms with van der Waals surface area (Å²) in [6, 6.07) is 6.12. The van der Waals surface area contributed by atoms with E-state index in [2.05, 4.69) is 5.29 Å². The molecular weight excluding hydrogens is 244 g/mol. The molecule has 0 aliphatic heterocycles. The maximum Gasteiger partial charge on any atom is 0.115 e. The predicted molar refractivity (Wildman–Crippen MR) is 72.4 cm³/mol. The van der Waals surface area contributed by atoms with Crippen LogP contribution in [0.25, 0.3) is 0 Å². The molecule has 0 amide bonds. The lowest BCUT2D eigenvalue weighted by molar-refractivity contribution is -0.0684. The van der Waals surface area contributed by atoms with Gasteiger partial charge in [0.2, 0.25) is 0 Å². The number of hydrogen-bond donors (Lipinski definition) is 2. The third kappa shape index (κ3) is 2.87. The summed E-state index contributed by atoms with van der Waals surface area (Å²) in [5.41, 5.74) is -0.137. The summed E-state index contributed by atoms with van der Waals surface area (Å²) >= 11 is 0. The monoisotopic (exact) mass is 264 g/mol. The molecule has 1 atom stereocenters. The van der Waals surface area contributed by atoms with Crippen LogP contribution in [-0.4, -0.2) is 27.9 Å². The van der Waals surface area contributed by atoms with Crippen LogP contribution < -0.4 is 0 Å². The van der Waals surface area contributed by atoms with Crippen molar-refractivity contribution in [3.8, 4) is 5.75 Å². The van der Waals surface area contributed by atoms with E-state index in [-0.39, 0.29) is 5.75 Å². The van der Waals surface area contributed by atoms with Gasteiger partial charge in [0.25, 0.3) is 0 Å². The van der Waals surface area contributed by atoms with Crippen molar-refractivity contribution in [3.05, 3.63) is 34.7 Å². The lowest BCUT2D eigenvalue weighted by Crippen LogP contribution is -2.44. The number of phenols is 1. The summed E-state index contributed by atoms with van der Waals surface area (Å²) in [6.45, 7) is 0. The largest absolute Gasteiger partial charge is 0.508 e. The van der Waals surface area contributed by atoms with E-state index in [0.717, 1.165) is 24.8 Å². The molecule has 0 aromatic heterocycles. The molecule has 1 saturated carbocycles. The van der Waals surface area contributed by atoms with E-state index in [4.69, 9.17) is 0 Å². The van der Waals surface area contributed by atoms with Crippen LogP contribution in [0.15, 0.2) is 29.6 Å². The molecule has 104 valence electrons. The molecule has 1 aromatic carbocycles. The molecule has 1 aliphatic carbocycles. The van der Waals surface area contributed by atoms with E-state index in [0.29, 0.717) is 12.8 Å². The first-order valence-corrected chi connectivity index (χ1v) is 6.64. The van der Waals surface area contributed by atoms with E-state index < -0.39 is 11.6 Å². The maximum atomic E-state index is 10.9. The maximum absolute atomic E-state index is 10.9. The average Bonchev–Trinajstić information content (AvgIpc) is 2.41. The Kier molecular flexibility index (Phi) is 4.04. The Morgan fingerprint density at radius 1 is 1.21 bits per heavy atom. The first-order chi connectivity index (χ1) is 9.07. The van der Waals surface area contributed by atoms with Gasteiger partial charge in [-0.15, -0.1) is 4.91 Å². The molecule has 2 N–H and O–H groups in total. The lowest BCUT2D eigenvalue weighted by Gasteiger charge is -2.41. The summed E-state index contributed by atoms with van der Waals surface area (Å²) in [5.74, 6) is 0.167. The normalized spacial score (nSPS) is 19.7. The molecule has 1 unspecified atom stereocenters. The molecule has 0 saturated heterocycles. The number of aromatic hydroxyl groups is 1. The minimum atomic E-state index is -0.933. The average molecular weight is 264 g/mol. The van der Waals surface area contributed by atoms with Gasteiger partial charge in [0.1, 0.15) is 11.8 Å². The number of benzene rings is 1. The molecule has 0 heterocycles. The van der Waals surface area contributed by atoms with Gasteiger partial charge in [-0.2, -0.15) is 0 Å². The van der Waals surface area contributed by atoms with Gasteiger partial charge in [-0.3, -0.25) is 5.01 Å². The molecule has 0 spiro atoms. The van der Waals surface area contributed by atoms with Crippen LogP contribution >= 0.6 is 0 Å². The Hall–Kier alpha value is -1.62. The second-order valence-corrected chi connectivity index (χ2v) is 5.31. The summed E-state index contributed by atoms with van der Waals surface area (Å²) in [6.07, 6.45) is 4.36. The van der Waals surface area contributed by atoms with Crippen molar-refractivity contribution < 1.29 is 10.2 Å². The van der Waals surface area contributed by atoms with Crippen LogP contribution in [0.4, 0.5) is 0 Å². The molecule has 1 aromatic rings. The van der Waals surface area contributed by atoms with Gasteiger partial charge in [0.05, 0.1) is 10.9 Å². The van der Waals surface area contributed by atoms with Crippen molar-refractivity contribution in [2.75, 3.05) is 7.05 Å². The fourth-order valence-electron chi connectivity index (χ4n) is 3.01. The highest BCUT2D eigenvalue weighted by molar-refractivity contribution is 5.29. The summed E-state index contributed by atoms with van der Waals surface area (Å²) in [5, 5.41) is 24.4. The first-order valence-electron chi connectivity index (χ1n) is 6.64. The molecule has 5 nitrogen and oxygen atoms in total. The van der Waals surface area contributed by atoms with Gasteiger partial charge < -0.3 is 10.2 Å². The molecular formula is C14H20N2O3. The van der Waals surface area contributed by atoms with Crippen molar-refractivity contribution in [3.63, 3.8) is 0 Å². The number of phenolic OH excluding ortho intramolecular Hbond substituents is 1. The van der Waals surface area contributed by atoms with E-state index in [1.165, 1.54) is 5.01 Å². The van der Waals surface area contributed by atoms with Crippen LogP contribution in [0.2, 0.25) is 0 Å². The fourth-order valence-corrected chi connectivity index (χ4v) is 3.01. The zero-order chi connectivity index (χ0) is 13.9. The minimum absolute atomic E-state index is 0.167. The standard InChI is InChI=1S/C14H20N2O3/c1-16(15-19)13(11-5-7-12(17)8-6-11)14(18)9-3-2-4-10-14/h5-8,13,17-18H,2-4,9-10H2,1H3. The number of aliphatic hydroxyl groups is 1. The Morgan fingerprint density at radius 3 is 2.32 bits per heavy atom. The van der Waals surface area contributed by atoms with Gasteiger partial charge in [0.15, 0.2) is 0 Å². The van der Waals surface area contributed by atoms with E-state index in [1.54, 1.807) is 31.3 Å². The summed E-state index contributed by atoms with van der Waals surface area (Å²) in [4.78, 5) is 10.9. The first kappa shape index (κ1) is 13.8. The van der Waals surface area contributed by atoms with E-state index in [9.17, 15) is 15.1 Å². The fraction of sp³-hybridized carbons (Fsp3) is 0.571. The van der Waals surface area contributed by atoms with Gasteiger partial charge in [-0.05, 0) is 30.5 Å². The second kappa shape index (κ2) is 5.57. The van der Waals surface area contributed by atoms with Gasteiger partial charge >= 0.3 is 0 Å². The zero-order valence-corrected chi connectivity index (χ0v) is 11.1. The van der Waals surface area contributed by atoms with Crippen molar-refractivity contribution in [2.45, 2.75) is 43.7 Å². The van der Waals surface area contributed by atoms with Gasteiger partial charge in [-0.1, -0.05) is 31.4 Å². The van der Waals surface area contributed by atoms with Crippen LogP contribution in [0.1, 0.15) is 43.7 Å². The van der Waals surface area contributed by atoms with Crippen LogP contribution in [-0.2, 0) is 0 Å². The number of nitrogens with zero attached hydrogens (tertiary/aromatic N) is 2. The second-order valence-electron chi connectivity index (χ2n) is 5.31. The van der Waals surface area contributed by atoms with Crippen molar-refractivity contribution in [2.24, 2.45) is 5.29 Å². The Morgan fingerprint density at radius 2 is 1.79 bits per heavy atom. The lowest BCUT2D eigenvalue weighted by atomic mass is 9.76. The minimum Gasteiger partial charge on any atom is -0.508 e. The highest BCUT2D eigenvalue weighted by Gasteiger charge is 2.41. The number of hydrogen-bond acceptors (Lipinski definition) is 4. The van der Waals surface area contributed by atoms with Crippen LogP contribution in [0, 0.1) is 4.91 Å². The number of nitroso groups, excluding NO2 is 1. The molecule has 0 radical (unpaired) electrons. The Balaban J connectivity index is 2.34. The zero-order valence-electron chi connectivity index (χ0n) is 11.1. The molecule has 2 rings (SSSR count). The highest BCUT2D eigenvalue weighted by atomic mass is 16.3. The molecule has 19 heavy (non-hydrogen) atoms. The molecule has 1 fully saturated rings. The Labute approximate surface area is 112 Å². The quantitative estimate of drug-likeness (QED) is 0.648. The van der Waals surface area contributed by atoms with Crippen molar-refractivity contribution in [1.29, 1.82) is 0 Å². The van der Waals surface area contributed by atoms with E-state index >= 15 is 0 Å². The summed E-state index contributed by atoms with van der Waals surface area (Å²) < 4.78 is 0. The van der Waals surface area contributed by atoms with Crippen LogP contribution in [0.3, 0.4) is 0 Å². The van der Waals surface area contributed by atoms with Gasteiger partial charge in [-0.25, -0.2) is 0 Å². The SMILES string of the molecule is CN(N=O)C(c1ccc(O)cc1)C1(O)CCCCC1. The number of likely N-dealkylation sites (N-methyl/N-ethyl adjacent to an activating group) is 1. The molecule has 1 aliphatic rings. The predicted octanol–water partition coefficient (Wildman–Crippen LogP) is 2.74. The topological polar surface area (TPSA) is 73.1 Å². The van der Waals surface area contributed by atoms with Crippen molar-refractivity contribution >= 4 is 0 Å². The van der Waals surface area contributed by atoms with Gasteiger partial charge in [0, 0.05) is 7.05 Å². The molecule has 5 heteroatoms. The third-order valence-corrected chi connectivity index (χ3v) is 3.94. The third-order valence-electron chi connectivity index (χ3n) is 3.94.